The number of hydrogen-bond acceptors (Lipinski definition) is 2. The van der Waals surface area contributed by atoms with Gasteiger partial charge < -0.3 is 0 Å². The van der Waals surface area contributed by atoms with E-state index in [1.165, 1.54) is 15.3 Å². The first kappa shape index (κ1) is 10.5. The van der Waals surface area contributed by atoms with Crippen LogP contribution in [0.3, 0.4) is 0 Å². The SMILES string of the molecule is ClCc1csc(-c2cccs2)c1CCl. The van der Waals surface area contributed by atoms with Crippen LogP contribution in [0, 0.1) is 0 Å². The molecule has 0 saturated heterocycles. The van der Waals surface area contributed by atoms with Crippen LogP contribution in [0.5, 0.6) is 0 Å². The van der Waals surface area contributed by atoms with E-state index in [2.05, 4.69) is 22.9 Å². The second-order valence-corrected chi connectivity index (χ2v) is 5.18. The van der Waals surface area contributed by atoms with Crippen LogP contribution in [-0.2, 0) is 11.8 Å². The molecule has 0 radical (unpaired) electrons. The lowest BCUT2D eigenvalue weighted by Crippen LogP contribution is -1.83. The predicted octanol–water partition coefficient (Wildman–Crippen LogP) is 4.95. The maximum Gasteiger partial charge on any atom is 0.0492 e. The van der Waals surface area contributed by atoms with Gasteiger partial charge in [-0.05, 0) is 28.0 Å². The smallest absolute Gasteiger partial charge is 0.0492 e. The van der Waals surface area contributed by atoms with Gasteiger partial charge in [0.1, 0.15) is 0 Å². The molecule has 0 aliphatic heterocycles. The standard InChI is InChI=1S/C10H8Cl2S2/c11-4-7-6-14-10(8(7)5-12)9-2-1-3-13-9/h1-3,6H,4-5H2. The van der Waals surface area contributed by atoms with E-state index in [1.807, 2.05) is 0 Å². The first-order chi connectivity index (χ1) is 6.86. The van der Waals surface area contributed by atoms with E-state index in [-0.39, 0.29) is 0 Å². The molecule has 0 aromatic carbocycles. The lowest BCUT2D eigenvalue weighted by atomic mass is 10.2. The fourth-order valence-corrected chi connectivity index (χ4v) is 4.00. The van der Waals surface area contributed by atoms with Crippen molar-refractivity contribution in [2.45, 2.75) is 11.8 Å². The summed E-state index contributed by atoms with van der Waals surface area (Å²) in [7, 11) is 0. The third-order valence-electron chi connectivity index (χ3n) is 2.00. The zero-order valence-corrected chi connectivity index (χ0v) is 10.4. The van der Waals surface area contributed by atoms with Crippen molar-refractivity contribution in [3.63, 3.8) is 0 Å². The van der Waals surface area contributed by atoms with Gasteiger partial charge in [-0.15, -0.1) is 45.9 Å². The summed E-state index contributed by atoms with van der Waals surface area (Å²) in [5, 5.41) is 4.17. The van der Waals surface area contributed by atoms with Crippen molar-refractivity contribution < 1.29 is 0 Å². The molecule has 2 aromatic heterocycles. The lowest BCUT2D eigenvalue weighted by Gasteiger charge is -1.99. The average Bonchev–Trinajstić information content (AvgIpc) is 2.85. The van der Waals surface area contributed by atoms with Gasteiger partial charge in [0.2, 0.25) is 0 Å². The van der Waals surface area contributed by atoms with Crippen LogP contribution in [0.4, 0.5) is 0 Å². The topological polar surface area (TPSA) is 0 Å². The van der Waals surface area contributed by atoms with Crippen molar-refractivity contribution in [3.8, 4) is 9.75 Å². The van der Waals surface area contributed by atoms with Crippen LogP contribution in [0.2, 0.25) is 0 Å². The second-order valence-electron chi connectivity index (χ2n) is 2.81. The van der Waals surface area contributed by atoms with Gasteiger partial charge in [-0.25, -0.2) is 0 Å². The van der Waals surface area contributed by atoms with E-state index >= 15 is 0 Å². The number of hydrogen-bond donors (Lipinski definition) is 0. The Morgan fingerprint density at radius 3 is 2.57 bits per heavy atom. The minimum absolute atomic E-state index is 0.540. The molecule has 0 N–H and O–H groups in total. The summed E-state index contributed by atoms with van der Waals surface area (Å²) in [6.45, 7) is 0. The van der Waals surface area contributed by atoms with E-state index in [0.29, 0.717) is 11.8 Å². The normalized spacial score (nSPS) is 10.7. The van der Waals surface area contributed by atoms with Crippen molar-refractivity contribution in [3.05, 3.63) is 34.0 Å². The van der Waals surface area contributed by atoms with Crippen LogP contribution in [0.25, 0.3) is 9.75 Å². The summed E-state index contributed by atoms with van der Waals surface area (Å²) in [6.07, 6.45) is 0. The Balaban J connectivity index is 2.48. The molecular weight excluding hydrogens is 255 g/mol. The molecular formula is C10H8Cl2S2. The van der Waals surface area contributed by atoms with Crippen LogP contribution in [-0.4, -0.2) is 0 Å². The lowest BCUT2D eigenvalue weighted by molar-refractivity contribution is 1.32. The van der Waals surface area contributed by atoms with E-state index in [0.717, 1.165) is 5.56 Å². The highest BCUT2D eigenvalue weighted by molar-refractivity contribution is 7.20. The third-order valence-corrected chi connectivity index (χ3v) is 4.68. The van der Waals surface area contributed by atoms with Crippen molar-refractivity contribution in [1.82, 2.24) is 0 Å². The Labute approximate surface area is 101 Å². The van der Waals surface area contributed by atoms with Crippen LogP contribution in [0.15, 0.2) is 22.9 Å². The van der Waals surface area contributed by atoms with E-state index in [4.69, 9.17) is 23.2 Å². The highest BCUT2D eigenvalue weighted by Crippen LogP contribution is 2.37. The van der Waals surface area contributed by atoms with Gasteiger partial charge in [-0.1, -0.05) is 6.07 Å². The van der Waals surface area contributed by atoms with Crippen LogP contribution < -0.4 is 0 Å². The quantitative estimate of drug-likeness (QED) is 0.687. The Morgan fingerprint density at radius 2 is 2.00 bits per heavy atom. The summed E-state index contributed by atoms with van der Waals surface area (Å²) in [6, 6.07) is 4.17. The molecule has 4 heteroatoms. The Hall–Kier alpha value is -0.0200. The van der Waals surface area contributed by atoms with Gasteiger partial charge in [0.05, 0.1) is 0 Å². The van der Waals surface area contributed by atoms with E-state index < -0.39 is 0 Å². The van der Waals surface area contributed by atoms with Gasteiger partial charge in [0.25, 0.3) is 0 Å². The third kappa shape index (κ3) is 1.84. The molecule has 2 aromatic rings. The maximum absolute atomic E-state index is 5.93. The molecule has 0 amide bonds. The zero-order valence-electron chi connectivity index (χ0n) is 7.30. The summed E-state index contributed by atoms with van der Waals surface area (Å²) < 4.78 is 0. The minimum Gasteiger partial charge on any atom is -0.143 e. The second kappa shape index (κ2) is 4.67. The maximum atomic E-state index is 5.93. The number of rotatable bonds is 3. The highest BCUT2D eigenvalue weighted by Gasteiger charge is 2.12. The number of halogens is 2. The summed E-state index contributed by atoms with van der Waals surface area (Å²) >= 11 is 15.2. The minimum atomic E-state index is 0.540. The Morgan fingerprint density at radius 1 is 1.14 bits per heavy atom. The van der Waals surface area contributed by atoms with Gasteiger partial charge in [0, 0.05) is 21.5 Å². The van der Waals surface area contributed by atoms with E-state index in [9.17, 15) is 0 Å². The van der Waals surface area contributed by atoms with Crippen molar-refractivity contribution in [2.24, 2.45) is 0 Å². The molecule has 0 bridgehead atoms. The summed E-state index contributed by atoms with van der Waals surface area (Å²) in [5.74, 6) is 1.09. The zero-order chi connectivity index (χ0) is 9.97. The van der Waals surface area contributed by atoms with Crippen molar-refractivity contribution in [1.29, 1.82) is 0 Å². The molecule has 0 nitrogen and oxygen atoms in total. The molecule has 0 saturated carbocycles. The molecule has 14 heavy (non-hydrogen) atoms. The first-order valence-corrected chi connectivity index (χ1v) is 6.94. The number of thiophene rings is 2. The molecule has 0 aliphatic rings. The summed E-state index contributed by atoms with van der Waals surface area (Å²) in [4.78, 5) is 2.55. The average molecular weight is 263 g/mol. The molecule has 0 atom stereocenters. The fourth-order valence-electron chi connectivity index (χ4n) is 1.29. The van der Waals surface area contributed by atoms with E-state index in [1.54, 1.807) is 22.7 Å². The summed E-state index contributed by atoms with van der Waals surface area (Å²) in [5.41, 5.74) is 2.35. The van der Waals surface area contributed by atoms with Crippen molar-refractivity contribution >= 4 is 45.9 Å². The first-order valence-electron chi connectivity index (χ1n) is 4.12. The fraction of sp³-hybridized carbons (Fsp3) is 0.200. The molecule has 74 valence electrons. The molecule has 2 heterocycles. The highest BCUT2D eigenvalue weighted by atomic mass is 35.5. The molecule has 0 unspecified atom stereocenters. The predicted molar refractivity (Wildman–Crippen MR) is 66.7 cm³/mol. The Bertz CT molecular complexity index is 404. The van der Waals surface area contributed by atoms with Crippen LogP contribution >= 0.6 is 45.9 Å². The van der Waals surface area contributed by atoms with Gasteiger partial charge in [-0.3, -0.25) is 0 Å². The Kier molecular flexibility index (Phi) is 3.50. The molecule has 0 spiro atoms. The largest absolute Gasteiger partial charge is 0.143 e. The number of alkyl halides is 2. The van der Waals surface area contributed by atoms with Crippen molar-refractivity contribution in [2.75, 3.05) is 0 Å². The van der Waals surface area contributed by atoms with Gasteiger partial charge >= 0.3 is 0 Å². The molecule has 0 aliphatic carbocycles. The monoisotopic (exact) mass is 262 g/mol. The van der Waals surface area contributed by atoms with Crippen LogP contribution in [0.1, 0.15) is 11.1 Å². The van der Waals surface area contributed by atoms with Gasteiger partial charge in [-0.2, -0.15) is 0 Å². The molecule has 2 rings (SSSR count). The van der Waals surface area contributed by atoms with Gasteiger partial charge in [0.15, 0.2) is 0 Å². The molecule has 0 fully saturated rings.